The van der Waals surface area contributed by atoms with E-state index in [1.807, 2.05) is 6.92 Å². The second-order valence-electron chi connectivity index (χ2n) is 4.17. The first-order valence-corrected chi connectivity index (χ1v) is 7.20. The van der Waals surface area contributed by atoms with Gasteiger partial charge in [-0.2, -0.15) is 0 Å². The monoisotopic (exact) mass is 333 g/mol. The zero-order valence-electron chi connectivity index (χ0n) is 10.7. The molecule has 3 nitrogen and oxygen atoms in total. The van der Waals surface area contributed by atoms with Gasteiger partial charge in [0.1, 0.15) is 5.75 Å². The first-order chi connectivity index (χ1) is 8.45. The lowest BCUT2D eigenvalue weighted by Gasteiger charge is -2.26. The molecule has 0 bridgehead atoms. The molecule has 0 fully saturated rings. The number of benzene rings is 1. The van der Waals surface area contributed by atoms with Crippen molar-refractivity contribution in [2.24, 2.45) is 0 Å². The van der Waals surface area contributed by atoms with E-state index in [0.29, 0.717) is 10.8 Å². The smallest absolute Gasteiger partial charge is 0.263 e. The highest BCUT2D eigenvalue weighted by atomic mass is 79.9. The van der Waals surface area contributed by atoms with E-state index in [-0.39, 0.29) is 11.9 Å². The number of likely N-dealkylation sites (N-methyl/N-ethyl adjacent to an activating group) is 1. The van der Waals surface area contributed by atoms with Crippen LogP contribution in [0.4, 0.5) is 0 Å². The highest BCUT2D eigenvalue weighted by Crippen LogP contribution is 2.19. The Morgan fingerprint density at radius 3 is 2.72 bits per heavy atom. The van der Waals surface area contributed by atoms with Gasteiger partial charge in [-0.05, 0) is 32.0 Å². The summed E-state index contributed by atoms with van der Waals surface area (Å²) in [5.41, 5.74) is 0. The van der Waals surface area contributed by atoms with Crippen molar-refractivity contribution in [3.8, 4) is 5.75 Å². The zero-order valence-corrected chi connectivity index (χ0v) is 13.0. The topological polar surface area (TPSA) is 29.5 Å². The second-order valence-corrected chi connectivity index (χ2v) is 5.25. The molecule has 0 aliphatic heterocycles. The minimum Gasteiger partial charge on any atom is -0.481 e. The Labute approximate surface area is 121 Å². The van der Waals surface area contributed by atoms with Crippen LogP contribution in [0.15, 0.2) is 24.3 Å². The van der Waals surface area contributed by atoms with Crippen LogP contribution in [-0.2, 0) is 4.79 Å². The molecule has 1 aromatic carbocycles. The molecule has 2 unspecified atom stereocenters. The van der Waals surface area contributed by atoms with Gasteiger partial charge in [0.05, 0.1) is 0 Å². The maximum atomic E-state index is 12.1. The molecule has 2 atom stereocenters. The zero-order chi connectivity index (χ0) is 13.7. The predicted octanol–water partition coefficient (Wildman–Crippen LogP) is 3.35. The number of carbonyl (C=O) groups is 1. The minimum atomic E-state index is -0.532. The van der Waals surface area contributed by atoms with Gasteiger partial charge < -0.3 is 9.64 Å². The summed E-state index contributed by atoms with van der Waals surface area (Å²) in [5.74, 6) is 0.546. The summed E-state index contributed by atoms with van der Waals surface area (Å²) < 4.78 is 5.58. The largest absolute Gasteiger partial charge is 0.481 e. The average Bonchev–Trinajstić information content (AvgIpc) is 2.36. The van der Waals surface area contributed by atoms with Gasteiger partial charge in [0.15, 0.2) is 6.10 Å². The molecule has 0 spiro atoms. The van der Waals surface area contributed by atoms with Crippen molar-refractivity contribution in [1.29, 1.82) is 0 Å². The maximum Gasteiger partial charge on any atom is 0.263 e. The number of nitrogens with zero attached hydrogens (tertiary/aromatic N) is 1. The third kappa shape index (κ3) is 4.18. The molecule has 18 heavy (non-hydrogen) atoms. The molecular weight excluding hydrogens is 318 g/mol. The van der Waals surface area contributed by atoms with Crippen molar-refractivity contribution < 1.29 is 9.53 Å². The molecule has 0 aliphatic rings. The third-order valence-corrected chi connectivity index (χ3v) is 3.86. The number of rotatable bonds is 5. The second kappa shape index (κ2) is 7.00. The first-order valence-electron chi connectivity index (χ1n) is 5.70. The Morgan fingerprint density at radius 1 is 1.50 bits per heavy atom. The molecule has 0 aliphatic carbocycles. The van der Waals surface area contributed by atoms with Gasteiger partial charge >= 0.3 is 0 Å². The number of alkyl halides is 1. The summed E-state index contributed by atoms with van der Waals surface area (Å²) in [7, 11) is 1.77. The average molecular weight is 335 g/mol. The number of halogens is 2. The van der Waals surface area contributed by atoms with E-state index >= 15 is 0 Å². The third-order valence-electron chi connectivity index (χ3n) is 2.69. The van der Waals surface area contributed by atoms with Crippen molar-refractivity contribution in [2.75, 3.05) is 12.4 Å². The van der Waals surface area contributed by atoms with Gasteiger partial charge in [0.2, 0.25) is 0 Å². The lowest BCUT2D eigenvalue weighted by atomic mass is 10.2. The molecule has 0 radical (unpaired) electrons. The van der Waals surface area contributed by atoms with Crippen molar-refractivity contribution in [2.45, 2.75) is 26.0 Å². The van der Waals surface area contributed by atoms with E-state index in [4.69, 9.17) is 16.3 Å². The number of carbonyl (C=O) groups excluding carboxylic acids is 1. The Bertz CT molecular complexity index is 414. The molecule has 0 saturated carbocycles. The van der Waals surface area contributed by atoms with Crippen molar-refractivity contribution in [1.82, 2.24) is 4.90 Å². The Kier molecular flexibility index (Phi) is 5.96. The van der Waals surface area contributed by atoms with E-state index in [2.05, 4.69) is 15.9 Å². The number of ether oxygens (including phenoxy) is 1. The van der Waals surface area contributed by atoms with Crippen LogP contribution in [0.2, 0.25) is 5.02 Å². The molecule has 0 aromatic heterocycles. The molecular formula is C13H17BrClNO2. The number of hydrogen-bond acceptors (Lipinski definition) is 2. The lowest BCUT2D eigenvalue weighted by Crippen LogP contribution is -2.43. The van der Waals surface area contributed by atoms with Gasteiger partial charge in [-0.15, -0.1) is 0 Å². The quantitative estimate of drug-likeness (QED) is 0.773. The minimum absolute atomic E-state index is 0.0538. The lowest BCUT2D eigenvalue weighted by molar-refractivity contribution is -0.138. The van der Waals surface area contributed by atoms with Crippen LogP contribution in [0, 0.1) is 0 Å². The van der Waals surface area contributed by atoms with Crippen molar-refractivity contribution in [3.63, 3.8) is 0 Å². The first kappa shape index (κ1) is 15.3. The number of amides is 1. The van der Waals surface area contributed by atoms with Crippen molar-refractivity contribution >= 4 is 33.4 Å². The van der Waals surface area contributed by atoms with Gasteiger partial charge in [0, 0.05) is 23.4 Å². The molecule has 5 heteroatoms. The fraction of sp³-hybridized carbons (Fsp3) is 0.462. The molecule has 0 heterocycles. The summed E-state index contributed by atoms with van der Waals surface area (Å²) in [5, 5.41) is 1.33. The summed E-state index contributed by atoms with van der Waals surface area (Å²) in [6, 6.07) is 7.16. The highest BCUT2D eigenvalue weighted by molar-refractivity contribution is 9.09. The van der Waals surface area contributed by atoms with E-state index in [1.54, 1.807) is 43.1 Å². The summed E-state index contributed by atoms with van der Waals surface area (Å²) in [6.07, 6.45) is -0.532. The number of hydrogen-bond donors (Lipinski definition) is 0. The standard InChI is InChI=1S/C13H17BrClNO2/c1-9(8-14)16(3)13(17)10(2)18-12-6-4-5-11(15)7-12/h4-7,9-10H,8H2,1-3H3. The normalized spacial score (nSPS) is 13.8. The van der Waals surface area contributed by atoms with Crippen LogP contribution >= 0.6 is 27.5 Å². The van der Waals surface area contributed by atoms with Gasteiger partial charge in [0.25, 0.3) is 5.91 Å². The maximum absolute atomic E-state index is 12.1. The fourth-order valence-corrected chi connectivity index (χ4v) is 2.02. The van der Waals surface area contributed by atoms with Crippen LogP contribution in [0.3, 0.4) is 0 Å². The van der Waals surface area contributed by atoms with Gasteiger partial charge in [-0.25, -0.2) is 0 Å². The fourth-order valence-electron chi connectivity index (χ4n) is 1.40. The van der Waals surface area contributed by atoms with Crippen LogP contribution in [0.5, 0.6) is 5.75 Å². The molecule has 1 amide bonds. The van der Waals surface area contributed by atoms with E-state index < -0.39 is 6.10 Å². The van der Waals surface area contributed by atoms with E-state index in [9.17, 15) is 4.79 Å². The predicted molar refractivity (Wildman–Crippen MR) is 77.6 cm³/mol. The van der Waals surface area contributed by atoms with Crippen LogP contribution < -0.4 is 4.74 Å². The summed E-state index contributed by atoms with van der Waals surface area (Å²) in [4.78, 5) is 13.8. The van der Waals surface area contributed by atoms with E-state index in [1.165, 1.54) is 0 Å². The molecule has 0 saturated heterocycles. The van der Waals surface area contributed by atoms with Crippen LogP contribution in [-0.4, -0.2) is 35.3 Å². The molecule has 0 N–H and O–H groups in total. The van der Waals surface area contributed by atoms with E-state index in [0.717, 1.165) is 5.33 Å². The van der Waals surface area contributed by atoms with Crippen LogP contribution in [0.25, 0.3) is 0 Å². The Balaban J connectivity index is 2.65. The molecule has 1 rings (SSSR count). The highest BCUT2D eigenvalue weighted by Gasteiger charge is 2.22. The Hall–Kier alpha value is -0.740. The molecule has 100 valence electrons. The molecule has 1 aromatic rings. The van der Waals surface area contributed by atoms with Gasteiger partial charge in [-0.3, -0.25) is 4.79 Å². The Morgan fingerprint density at radius 2 is 2.17 bits per heavy atom. The SMILES string of the molecule is CC(Oc1cccc(Cl)c1)C(=O)N(C)C(C)CBr. The van der Waals surface area contributed by atoms with Gasteiger partial charge in [-0.1, -0.05) is 33.6 Å². The van der Waals surface area contributed by atoms with Crippen molar-refractivity contribution in [3.05, 3.63) is 29.3 Å². The van der Waals surface area contributed by atoms with Crippen LogP contribution in [0.1, 0.15) is 13.8 Å². The summed E-state index contributed by atoms with van der Waals surface area (Å²) in [6.45, 7) is 3.71. The summed E-state index contributed by atoms with van der Waals surface area (Å²) >= 11 is 9.22.